The van der Waals surface area contributed by atoms with Crippen LogP contribution in [0, 0.1) is 29.6 Å². The number of rotatable bonds is 10. The third kappa shape index (κ3) is 6.78. The first-order valence-corrected chi connectivity index (χ1v) is 8.55. The smallest absolute Gasteiger partial charge is 0.407 e. The number of amides is 1. The second kappa shape index (κ2) is 10.5. The van der Waals surface area contributed by atoms with Crippen molar-refractivity contribution in [2.75, 3.05) is 46.1 Å². The van der Waals surface area contributed by atoms with E-state index in [0.29, 0.717) is 63.9 Å². The molecule has 3 N–H and O–H groups in total. The number of carbonyl (C=O) groups excluding carboxylic acids is 1. The fraction of sp³-hybridized carbons (Fsp3) is 0.824. The molecular formula is C17H28N2O4. The Labute approximate surface area is 138 Å². The molecule has 0 aromatic carbocycles. The van der Waals surface area contributed by atoms with Crippen LogP contribution in [0.1, 0.15) is 25.7 Å². The van der Waals surface area contributed by atoms with E-state index in [1.54, 1.807) is 0 Å². The zero-order valence-electron chi connectivity index (χ0n) is 13.7. The van der Waals surface area contributed by atoms with Crippen molar-refractivity contribution in [1.82, 2.24) is 5.32 Å². The largest absolute Gasteiger partial charge is 0.449 e. The Bertz CT molecular complexity index is 401. The van der Waals surface area contributed by atoms with Crippen molar-refractivity contribution in [3.63, 3.8) is 0 Å². The van der Waals surface area contributed by atoms with Gasteiger partial charge in [-0.2, -0.15) is 0 Å². The highest BCUT2D eigenvalue weighted by Gasteiger charge is 2.49. The van der Waals surface area contributed by atoms with Gasteiger partial charge in [-0.1, -0.05) is 0 Å². The highest BCUT2D eigenvalue weighted by atomic mass is 16.6. The lowest BCUT2D eigenvalue weighted by Crippen LogP contribution is -2.29. The van der Waals surface area contributed by atoms with Gasteiger partial charge in [0.1, 0.15) is 0 Å². The van der Waals surface area contributed by atoms with Gasteiger partial charge in [-0.15, -0.1) is 11.8 Å². The highest BCUT2D eigenvalue weighted by molar-refractivity contribution is 5.67. The molecule has 2 aliphatic carbocycles. The quantitative estimate of drug-likeness (QED) is 0.465. The molecule has 6 nitrogen and oxygen atoms in total. The third-order valence-corrected chi connectivity index (χ3v) is 4.40. The summed E-state index contributed by atoms with van der Waals surface area (Å²) in [5.41, 5.74) is 5.30. The SMILES string of the molecule is NCCOCCOCCNC(=O)OCC1[C@H]2CCC#CCC[C@@H]12. The summed E-state index contributed by atoms with van der Waals surface area (Å²) in [6.45, 7) is 3.51. The van der Waals surface area contributed by atoms with E-state index in [9.17, 15) is 4.79 Å². The predicted molar refractivity (Wildman–Crippen MR) is 86.8 cm³/mol. The van der Waals surface area contributed by atoms with Crippen LogP contribution in [-0.4, -0.2) is 52.2 Å². The van der Waals surface area contributed by atoms with E-state index in [0.717, 1.165) is 25.7 Å². The fourth-order valence-corrected chi connectivity index (χ4v) is 3.14. The molecule has 0 aliphatic heterocycles. The van der Waals surface area contributed by atoms with Crippen molar-refractivity contribution in [3.05, 3.63) is 0 Å². The Balaban J connectivity index is 1.44. The second-order valence-corrected chi connectivity index (χ2v) is 5.96. The molecule has 0 saturated heterocycles. The molecule has 3 atom stereocenters. The first kappa shape index (κ1) is 18.1. The van der Waals surface area contributed by atoms with Crippen molar-refractivity contribution in [2.24, 2.45) is 23.5 Å². The van der Waals surface area contributed by atoms with Gasteiger partial charge >= 0.3 is 6.09 Å². The van der Waals surface area contributed by atoms with Crippen molar-refractivity contribution in [2.45, 2.75) is 25.7 Å². The Kier molecular flexibility index (Phi) is 8.23. The molecule has 0 aromatic heterocycles. The molecular weight excluding hydrogens is 296 g/mol. The number of hydrogen-bond donors (Lipinski definition) is 2. The molecule has 0 heterocycles. The van der Waals surface area contributed by atoms with Crippen molar-refractivity contribution in [1.29, 1.82) is 0 Å². The lowest BCUT2D eigenvalue weighted by molar-refractivity contribution is 0.0511. The van der Waals surface area contributed by atoms with Gasteiger partial charge in [0.25, 0.3) is 0 Å². The Morgan fingerprint density at radius 1 is 1.04 bits per heavy atom. The first-order valence-electron chi connectivity index (χ1n) is 8.55. The average Bonchev–Trinajstić information content (AvgIpc) is 3.17. The predicted octanol–water partition coefficient (Wildman–Crippen LogP) is 1.14. The number of alkyl carbamates (subject to hydrolysis) is 1. The van der Waals surface area contributed by atoms with E-state index in [2.05, 4.69) is 17.2 Å². The fourth-order valence-electron chi connectivity index (χ4n) is 3.14. The average molecular weight is 324 g/mol. The standard InChI is InChI=1S/C17H28N2O4/c18-7-9-21-11-12-22-10-8-19-17(20)23-13-16-14-5-3-1-2-4-6-15(14)16/h14-16H,3-13,18H2,(H,19,20)/t14-,15+,16?. The van der Waals surface area contributed by atoms with E-state index in [4.69, 9.17) is 19.9 Å². The van der Waals surface area contributed by atoms with Crippen molar-refractivity contribution >= 4 is 6.09 Å². The Hall–Kier alpha value is -1.29. The molecule has 0 aromatic rings. The summed E-state index contributed by atoms with van der Waals surface area (Å²) in [5.74, 6) is 8.31. The number of fused-ring (bicyclic) bond motifs is 1. The maximum atomic E-state index is 11.6. The first-order chi connectivity index (χ1) is 11.3. The summed E-state index contributed by atoms with van der Waals surface area (Å²) in [4.78, 5) is 11.6. The van der Waals surface area contributed by atoms with Gasteiger partial charge in [0.2, 0.25) is 0 Å². The zero-order valence-corrected chi connectivity index (χ0v) is 13.7. The van der Waals surface area contributed by atoms with Crippen molar-refractivity contribution < 1.29 is 19.0 Å². The third-order valence-electron chi connectivity index (χ3n) is 4.40. The normalized spacial score (nSPS) is 25.3. The molecule has 1 saturated carbocycles. The number of carbonyl (C=O) groups is 1. The van der Waals surface area contributed by atoms with Gasteiger partial charge < -0.3 is 25.3 Å². The van der Waals surface area contributed by atoms with Gasteiger partial charge in [-0.25, -0.2) is 4.79 Å². The van der Waals surface area contributed by atoms with Gasteiger partial charge in [-0.3, -0.25) is 0 Å². The zero-order chi connectivity index (χ0) is 16.3. The van der Waals surface area contributed by atoms with Crippen LogP contribution in [0.4, 0.5) is 4.79 Å². The molecule has 1 unspecified atom stereocenters. The van der Waals surface area contributed by atoms with Crippen LogP contribution in [0.5, 0.6) is 0 Å². The summed E-state index contributed by atoms with van der Waals surface area (Å²) in [7, 11) is 0. The van der Waals surface area contributed by atoms with E-state index in [-0.39, 0.29) is 6.09 Å². The minimum atomic E-state index is -0.358. The maximum absolute atomic E-state index is 11.6. The van der Waals surface area contributed by atoms with Gasteiger partial charge in [0, 0.05) is 25.9 Å². The topological polar surface area (TPSA) is 82.8 Å². The molecule has 130 valence electrons. The van der Waals surface area contributed by atoms with Crippen LogP contribution in [-0.2, 0) is 14.2 Å². The summed E-state index contributed by atoms with van der Waals surface area (Å²) >= 11 is 0. The minimum Gasteiger partial charge on any atom is -0.449 e. The van der Waals surface area contributed by atoms with E-state index in [1.807, 2.05) is 0 Å². The molecule has 0 radical (unpaired) electrons. The molecule has 1 fully saturated rings. The number of hydrogen-bond acceptors (Lipinski definition) is 5. The van der Waals surface area contributed by atoms with Crippen LogP contribution in [0.2, 0.25) is 0 Å². The van der Waals surface area contributed by atoms with Crippen LogP contribution < -0.4 is 11.1 Å². The monoisotopic (exact) mass is 324 g/mol. The minimum absolute atomic E-state index is 0.358. The second-order valence-electron chi connectivity index (χ2n) is 5.96. The lowest BCUT2D eigenvalue weighted by atomic mass is 10.1. The Morgan fingerprint density at radius 2 is 1.70 bits per heavy atom. The van der Waals surface area contributed by atoms with E-state index in [1.165, 1.54) is 0 Å². The number of nitrogens with one attached hydrogen (secondary N) is 1. The summed E-state index contributed by atoms with van der Waals surface area (Å²) in [6, 6.07) is 0. The number of nitrogens with two attached hydrogens (primary N) is 1. The molecule has 0 bridgehead atoms. The Morgan fingerprint density at radius 3 is 2.35 bits per heavy atom. The van der Waals surface area contributed by atoms with Gasteiger partial charge in [0.05, 0.1) is 33.0 Å². The van der Waals surface area contributed by atoms with Crippen LogP contribution in [0.15, 0.2) is 0 Å². The summed E-state index contributed by atoms with van der Waals surface area (Å²) in [5, 5.41) is 2.70. The van der Waals surface area contributed by atoms with Crippen LogP contribution >= 0.6 is 0 Å². The molecule has 2 aliphatic rings. The van der Waals surface area contributed by atoms with Crippen molar-refractivity contribution in [3.8, 4) is 11.8 Å². The van der Waals surface area contributed by atoms with Crippen LogP contribution in [0.25, 0.3) is 0 Å². The maximum Gasteiger partial charge on any atom is 0.407 e. The summed E-state index contributed by atoms with van der Waals surface area (Å²) < 4.78 is 15.8. The highest BCUT2D eigenvalue weighted by Crippen LogP contribution is 2.52. The summed E-state index contributed by atoms with van der Waals surface area (Å²) in [6.07, 6.45) is 3.90. The molecule has 0 spiro atoms. The van der Waals surface area contributed by atoms with E-state index < -0.39 is 0 Å². The molecule has 1 amide bonds. The number of ether oxygens (including phenoxy) is 3. The molecule has 6 heteroatoms. The van der Waals surface area contributed by atoms with Crippen LogP contribution in [0.3, 0.4) is 0 Å². The molecule has 23 heavy (non-hydrogen) atoms. The lowest BCUT2D eigenvalue weighted by Gasteiger charge is -2.08. The molecule has 2 rings (SSSR count). The van der Waals surface area contributed by atoms with Gasteiger partial charge in [-0.05, 0) is 30.6 Å². The van der Waals surface area contributed by atoms with E-state index >= 15 is 0 Å². The van der Waals surface area contributed by atoms with Gasteiger partial charge in [0.15, 0.2) is 0 Å².